The molecule has 2 unspecified atom stereocenters. The number of fused-ring (bicyclic) bond motifs is 1. The number of halogens is 1. The van der Waals surface area contributed by atoms with Crippen molar-refractivity contribution in [1.29, 1.82) is 0 Å². The average molecular weight is 364 g/mol. The maximum atomic E-state index is 12.3. The molecule has 0 aliphatic heterocycles. The quantitative estimate of drug-likeness (QED) is 0.730. The average Bonchev–Trinajstić information content (AvgIpc) is 2.98. The number of aromatic amines is 1. The monoisotopic (exact) mass is 363 g/mol. The molecule has 1 aromatic heterocycles. The summed E-state index contributed by atoms with van der Waals surface area (Å²) in [5.74, 6) is 1.56. The first-order chi connectivity index (χ1) is 11.6. The molecule has 1 heterocycles. The number of benzene rings is 1. The number of H-pyrrole nitrogens is 1. The van der Waals surface area contributed by atoms with Crippen LogP contribution in [0.15, 0.2) is 30.5 Å². The fourth-order valence-electron chi connectivity index (χ4n) is 3.98. The molecule has 0 radical (unpaired) electrons. The van der Waals surface area contributed by atoms with Crippen molar-refractivity contribution in [3.05, 3.63) is 36.0 Å². The smallest absolute Gasteiger partial charge is 0.237 e. The highest BCUT2D eigenvalue weighted by molar-refractivity contribution is 5.86. The van der Waals surface area contributed by atoms with Gasteiger partial charge in [0.25, 0.3) is 0 Å². The van der Waals surface area contributed by atoms with Crippen molar-refractivity contribution in [2.75, 3.05) is 6.54 Å². The maximum absolute atomic E-state index is 12.3. The number of nitrogens with one attached hydrogen (secondary N) is 2. The highest BCUT2D eigenvalue weighted by Crippen LogP contribution is 2.30. The first kappa shape index (κ1) is 19.8. The molecule has 3 atom stereocenters. The van der Waals surface area contributed by atoms with E-state index in [4.69, 9.17) is 5.73 Å². The van der Waals surface area contributed by atoms with Crippen LogP contribution in [-0.4, -0.2) is 23.5 Å². The van der Waals surface area contributed by atoms with Crippen LogP contribution in [0.3, 0.4) is 0 Å². The Bertz CT molecular complexity index is 684. The Morgan fingerprint density at radius 3 is 2.96 bits per heavy atom. The molecular formula is C20H30ClN3O. The SMILES string of the molecule is CC1CCCC(CCNC(=O)[C@@H](N)Cc2c[nH]c3ccccc23)C1.Cl. The van der Waals surface area contributed by atoms with Gasteiger partial charge in [0.2, 0.25) is 5.91 Å². The van der Waals surface area contributed by atoms with Gasteiger partial charge in [0, 0.05) is 23.6 Å². The van der Waals surface area contributed by atoms with Crippen molar-refractivity contribution in [2.24, 2.45) is 17.6 Å². The molecule has 1 saturated carbocycles. The maximum Gasteiger partial charge on any atom is 0.237 e. The highest BCUT2D eigenvalue weighted by Gasteiger charge is 2.20. The van der Waals surface area contributed by atoms with Gasteiger partial charge in [-0.15, -0.1) is 12.4 Å². The second-order valence-electron chi connectivity index (χ2n) is 7.39. The van der Waals surface area contributed by atoms with Crippen LogP contribution in [0.2, 0.25) is 0 Å². The van der Waals surface area contributed by atoms with Gasteiger partial charge in [0.1, 0.15) is 0 Å². The summed E-state index contributed by atoms with van der Waals surface area (Å²) in [6.45, 7) is 3.08. The summed E-state index contributed by atoms with van der Waals surface area (Å²) in [5, 5.41) is 4.18. The van der Waals surface area contributed by atoms with Gasteiger partial charge < -0.3 is 16.0 Å². The number of carbonyl (C=O) groups excluding carboxylic acids is 1. The first-order valence-corrected chi connectivity index (χ1v) is 9.21. The van der Waals surface area contributed by atoms with Crippen molar-refractivity contribution >= 4 is 29.2 Å². The van der Waals surface area contributed by atoms with Crippen molar-refractivity contribution in [1.82, 2.24) is 10.3 Å². The molecule has 1 aliphatic carbocycles. The molecule has 3 rings (SSSR count). The van der Waals surface area contributed by atoms with Crippen molar-refractivity contribution in [3.63, 3.8) is 0 Å². The molecule has 1 aliphatic rings. The lowest BCUT2D eigenvalue weighted by atomic mass is 9.81. The highest BCUT2D eigenvalue weighted by atomic mass is 35.5. The Morgan fingerprint density at radius 1 is 1.36 bits per heavy atom. The minimum atomic E-state index is -0.491. The van der Waals surface area contributed by atoms with Crippen LogP contribution in [0.5, 0.6) is 0 Å². The zero-order valence-corrected chi connectivity index (χ0v) is 15.8. The van der Waals surface area contributed by atoms with Gasteiger partial charge in [-0.3, -0.25) is 4.79 Å². The Hall–Kier alpha value is -1.52. The lowest BCUT2D eigenvalue weighted by molar-refractivity contribution is -0.122. The van der Waals surface area contributed by atoms with Crippen LogP contribution in [0.1, 0.15) is 44.6 Å². The molecule has 25 heavy (non-hydrogen) atoms. The third-order valence-electron chi connectivity index (χ3n) is 5.35. The Kier molecular flexibility index (Phi) is 7.33. The lowest BCUT2D eigenvalue weighted by Gasteiger charge is -2.26. The van der Waals surface area contributed by atoms with Crippen LogP contribution < -0.4 is 11.1 Å². The van der Waals surface area contributed by atoms with E-state index in [1.807, 2.05) is 24.4 Å². The minimum Gasteiger partial charge on any atom is -0.361 e. The molecule has 0 spiro atoms. The second kappa shape index (κ2) is 9.25. The molecule has 5 heteroatoms. The van der Waals surface area contributed by atoms with Gasteiger partial charge >= 0.3 is 0 Å². The number of hydrogen-bond acceptors (Lipinski definition) is 2. The van der Waals surface area contributed by atoms with E-state index in [-0.39, 0.29) is 18.3 Å². The predicted octanol–water partition coefficient (Wildman–Crippen LogP) is 3.79. The van der Waals surface area contributed by atoms with Crippen LogP contribution in [-0.2, 0) is 11.2 Å². The summed E-state index contributed by atoms with van der Waals surface area (Å²) in [6, 6.07) is 7.62. The third-order valence-corrected chi connectivity index (χ3v) is 5.35. The molecule has 4 N–H and O–H groups in total. The molecule has 138 valence electrons. The van der Waals surface area contributed by atoms with Crippen molar-refractivity contribution < 1.29 is 4.79 Å². The molecule has 0 saturated heterocycles. The van der Waals surface area contributed by atoms with Crippen LogP contribution in [0.4, 0.5) is 0 Å². The van der Waals surface area contributed by atoms with Crippen LogP contribution in [0, 0.1) is 11.8 Å². The van der Waals surface area contributed by atoms with Crippen LogP contribution >= 0.6 is 12.4 Å². The normalized spacial score (nSPS) is 21.5. The molecule has 0 bridgehead atoms. The molecule has 4 nitrogen and oxygen atoms in total. The minimum absolute atomic E-state index is 0. The van der Waals surface area contributed by atoms with Crippen molar-refractivity contribution in [2.45, 2.75) is 51.5 Å². The number of amides is 1. The van der Waals surface area contributed by atoms with Gasteiger partial charge in [0.05, 0.1) is 6.04 Å². The number of aromatic nitrogens is 1. The summed E-state index contributed by atoms with van der Waals surface area (Å²) < 4.78 is 0. The molecule has 2 aromatic rings. The van der Waals surface area contributed by atoms with E-state index in [1.165, 1.54) is 25.7 Å². The summed E-state index contributed by atoms with van der Waals surface area (Å²) in [5.41, 5.74) is 8.31. The standard InChI is InChI=1S/C20H29N3O.ClH/c1-14-5-4-6-15(11-14)9-10-22-20(24)18(21)12-16-13-23-19-8-3-2-7-17(16)19;/h2-3,7-8,13-15,18,23H,4-6,9-12,21H2,1H3,(H,22,24);1H/t14?,15?,18-;/m0./s1. The topological polar surface area (TPSA) is 70.9 Å². The second-order valence-corrected chi connectivity index (χ2v) is 7.39. The zero-order valence-electron chi connectivity index (χ0n) is 15.0. The fourth-order valence-corrected chi connectivity index (χ4v) is 3.98. The largest absolute Gasteiger partial charge is 0.361 e. The predicted molar refractivity (Wildman–Crippen MR) is 106 cm³/mol. The summed E-state index contributed by atoms with van der Waals surface area (Å²) in [4.78, 5) is 15.5. The van der Waals surface area contributed by atoms with E-state index in [0.29, 0.717) is 6.42 Å². The zero-order chi connectivity index (χ0) is 16.9. The summed E-state index contributed by atoms with van der Waals surface area (Å²) >= 11 is 0. The summed E-state index contributed by atoms with van der Waals surface area (Å²) in [6.07, 6.45) is 8.91. The lowest BCUT2D eigenvalue weighted by Crippen LogP contribution is -2.42. The van der Waals surface area contributed by atoms with Crippen molar-refractivity contribution in [3.8, 4) is 0 Å². The third kappa shape index (κ3) is 5.23. The summed E-state index contributed by atoms with van der Waals surface area (Å²) in [7, 11) is 0. The van der Waals surface area contributed by atoms with E-state index in [9.17, 15) is 4.79 Å². The van der Waals surface area contributed by atoms with Gasteiger partial charge in [-0.05, 0) is 42.7 Å². The van der Waals surface area contributed by atoms with E-state index < -0.39 is 6.04 Å². The Labute approximate surface area is 156 Å². The Balaban J connectivity index is 0.00000225. The molecule has 1 aromatic carbocycles. The number of hydrogen-bond donors (Lipinski definition) is 3. The van der Waals surface area contributed by atoms with Gasteiger partial charge in [-0.1, -0.05) is 44.4 Å². The molecular weight excluding hydrogens is 334 g/mol. The first-order valence-electron chi connectivity index (χ1n) is 9.21. The number of para-hydroxylation sites is 1. The van der Waals surface area contributed by atoms with Crippen LogP contribution in [0.25, 0.3) is 10.9 Å². The molecule has 1 amide bonds. The number of rotatable bonds is 6. The van der Waals surface area contributed by atoms with E-state index >= 15 is 0 Å². The van der Waals surface area contributed by atoms with Gasteiger partial charge in [-0.2, -0.15) is 0 Å². The number of carbonyl (C=O) groups is 1. The Morgan fingerprint density at radius 2 is 2.16 bits per heavy atom. The van der Waals surface area contributed by atoms with E-state index in [2.05, 4.69) is 23.3 Å². The van der Waals surface area contributed by atoms with E-state index in [1.54, 1.807) is 0 Å². The van der Waals surface area contributed by atoms with Gasteiger partial charge in [0.15, 0.2) is 0 Å². The van der Waals surface area contributed by atoms with E-state index in [0.717, 1.165) is 41.3 Å². The fraction of sp³-hybridized carbons (Fsp3) is 0.550. The van der Waals surface area contributed by atoms with Gasteiger partial charge in [-0.25, -0.2) is 0 Å². The number of nitrogens with two attached hydrogens (primary N) is 1. The molecule has 1 fully saturated rings.